The van der Waals surface area contributed by atoms with E-state index in [1.807, 2.05) is 20.8 Å². The van der Waals surface area contributed by atoms with Gasteiger partial charge in [-0.3, -0.25) is 0 Å². The smallest absolute Gasteiger partial charge is 0.410 e. The molecule has 0 bridgehead atoms. The molecular weight excluding hydrogens is 220 g/mol. The van der Waals surface area contributed by atoms with Crippen LogP contribution in [0.25, 0.3) is 0 Å². The van der Waals surface area contributed by atoms with Crippen molar-refractivity contribution in [1.29, 1.82) is 0 Å². The minimum Gasteiger partial charge on any atom is -0.444 e. The Kier molecular flexibility index (Phi) is 3.32. The fourth-order valence-corrected chi connectivity index (χ4v) is 2.31. The van der Waals surface area contributed by atoms with Gasteiger partial charge in [0, 0.05) is 26.2 Å². The maximum Gasteiger partial charge on any atom is 0.410 e. The summed E-state index contributed by atoms with van der Waals surface area (Å²) < 4.78 is 10.8. The topological polar surface area (TPSA) is 50.8 Å². The van der Waals surface area contributed by atoms with Crippen LogP contribution in [0.4, 0.5) is 4.79 Å². The number of nitrogens with one attached hydrogen (secondary N) is 1. The lowest BCUT2D eigenvalue weighted by Crippen LogP contribution is -2.62. The number of nitrogens with zero attached hydrogens (tertiary/aromatic N) is 1. The lowest BCUT2D eigenvalue weighted by atomic mass is 9.96. The average Bonchev–Trinajstić information content (AvgIpc) is 2.64. The normalized spacial score (nSPS) is 29.7. The molecule has 0 aliphatic carbocycles. The van der Waals surface area contributed by atoms with Gasteiger partial charge < -0.3 is 19.7 Å². The summed E-state index contributed by atoms with van der Waals surface area (Å²) in [5, 5.41) is 3.47. The Morgan fingerprint density at radius 2 is 2.24 bits per heavy atom. The average molecular weight is 242 g/mol. The highest BCUT2D eigenvalue weighted by atomic mass is 16.6. The molecule has 1 unspecified atom stereocenters. The molecule has 5 nitrogen and oxygen atoms in total. The van der Waals surface area contributed by atoms with Crippen molar-refractivity contribution in [1.82, 2.24) is 10.2 Å². The van der Waals surface area contributed by atoms with Gasteiger partial charge in [-0.1, -0.05) is 0 Å². The molecule has 0 radical (unpaired) electrons. The van der Waals surface area contributed by atoms with Crippen molar-refractivity contribution in [2.24, 2.45) is 0 Å². The maximum absolute atomic E-state index is 12.0. The number of hydrogen-bond donors (Lipinski definition) is 1. The van der Waals surface area contributed by atoms with E-state index in [1.165, 1.54) is 0 Å². The number of carbonyl (C=O) groups excluding carboxylic acids is 1. The van der Waals surface area contributed by atoms with Crippen LogP contribution in [-0.4, -0.2) is 55.0 Å². The number of amides is 1. The first-order chi connectivity index (χ1) is 7.90. The molecule has 98 valence electrons. The van der Waals surface area contributed by atoms with Crippen LogP contribution >= 0.6 is 0 Å². The van der Waals surface area contributed by atoms with Gasteiger partial charge in [0.25, 0.3) is 0 Å². The molecule has 1 atom stereocenters. The minimum atomic E-state index is -0.429. The Labute approximate surface area is 102 Å². The molecule has 0 aromatic heterocycles. The molecule has 5 heteroatoms. The molecule has 0 saturated carbocycles. The molecule has 17 heavy (non-hydrogen) atoms. The maximum atomic E-state index is 12.0. The quantitative estimate of drug-likeness (QED) is 0.688. The second kappa shape index (κ2) is 4.46. The zero-order valence-electron chi connectivity index (χ0n) is 10.9. The van der Waals surface area contributed by atoms with Crippen LogP contribution in [-0.2, 0) is 9.47 Å². The Morgan fingerprint density at radius 1 is 1.47 bits per heavy atom. The Balaban J connectivity index is 1.95. The van der Waals surface area contributed by atoms with Gasteiger partial charge in [-0.25, -0.2) is 4.79 Å². The number of carbonyl (C=O) groups is 1. The van der Waals surface area contributed by atoms with Crippen molar-refractivity contribution in [3.05, 3.63) is 0 Å². The Bertz CT molecular complexity index is 293. The molecule has 2 saturated heterocycles. The predicted octanol–water partition coefficient (Wildman–Crippen LogP) is 0.986. The van der Waals surface area contributed by atoms with E-state index in [4.69, 9.17) is 9.47 Å². The van der Waals surface area contributed by atoms with E-state index in [0.717, 1.165) is 19.6 Å². The highest BCUT2D eigenvalue weighted by Crippen LogP contribution is 2.23. The van der Waals surface area contributed by atoms with E-state index < -0.39 is 5.60 Å². The van der Waals surface area contributed by atoms with Crippen molar-refractivity contribution < 1.29 is 14.3 Å². The highest BCUT2D eigenvalue weighted by molar-refractivity contribution is 5.68. The van der Waals surface area contributed by atoms with Gasteiger partial charge in [0.05, 0.1) is 12.1 Å². The van der Waals surface area contributed by atoms with Crippen LogP contribution in [0, 0.1) is 0 Å². The molecule has 2 heterocycles. The highest BCUT2D eigenvalue weighted by Gasteiger charge is 2.40. The molecule has 2 fully saturated rings. The molecule has 1 N–H and O–H groups in total. The third-order valence-corrected chi connectivity index (χ3v) is 3.13. The zero-order chi connectivity index (χ0) is 12.5. The van der Waals surface area contributed by atoms with Crippen LogP contribution in [0.2, 0.25) is 0 Å². The van der Waals surface area contributed by atoms with E-state index in [1.54, 1.807) is 4.90 Å². The molecular formula is C12H22N2O3. The zero-order valence-corrected chi connectivity index (χ0v) is 10.9. The summed E-state index contributed by atoms with van der Waals surface area (Å²) in [5.74, 6) is 0. The van der Waals surface area contributed by atoms with E-state index >= 15 is 0 Å². The van der Waals surface area contributed by atoms with Crippen LogP contribution in [0.1, 0.15) is 27.2 Å². The van der Waals surface area contributed by atoms with E-state index in [9.17, 15) is 4.79 Å². The van der Waals surface area contributed by atoms with Crippen LogP contribution in [0.3, 0.4) is 0 Å². The minimum absolute atomic E-state index is 0.0465. The lowest BCUT2D eigenvalue weighted by Gasteiger charge is -2.40. The van der Waals surface area contributed by atoms with E-state index in [-0.39, 0.29) is 11.6 Å². The van der Waals surface area contributed by atoms with Crippen molar-refractivity contribution >= 4 is 6.09 Å². The summed E-state index contributed by atoms with van der Waals surface area (Å²) in [5.41, 5.74) is -0.476. The van der Waals surface area contributed by atoms with Gasteiger partial charge >= 0.3 is 6.09 Å². The SMILES string of the molecule is CC(C)(C)OC(=O)N1CCNC2(CCOC2)C1. The van der Waals surface area contributed by atoms with Crippen LogP contribution in [0.5, 0.6) is 0 Å². The Hall–Kier alpha value is -0.810. The first-order valence-corrected chi connectivity index (χ1v) is 6.21. The fourth-order valence-electron chi connectivity index (χ4n) is 2.31. The molecule has 2 aliphatic rings. The molecule has 2 rings (SSSR count). The van der Waals surface area contributed by atoms with Crippen LogP contribution < -0.4 is 5.32 Å². The summed E-state index contributed by atoms with van der Waals surface area (Å²) in [6.45, 7) is 9.33. The summed E-state index contributed by atoms with van der Waals surface area (Å²) >= 11 is 0. The summed E-state index contributed by atoms with van der Waals surface area (Å²) in [4.78, 5) is 13.8. The van der Waals surface area contributed by atoms with Gasteiger partial charge in [-0.15, -0.1) is 0 Å². The summed E-state index contributed by atoms with van der Waals surface area (Å²) in [6.07, 6.45) is 0.747. The number of piperazine rings is 1. The second-order valence-corrected chi connectivity index (χ2v) is 5.91. The fraction of sp³-hybridized carbons (Fsp3) is 0.917. The van der Waals surface area contributed by atoms with Gasteiger partial charge in [-0.2, -0.15) is 0 Å². The van der Waals surface area contributed by atoms with Crippen LogP contribution in [0.15, 0.2) is 0 Å². The van der Waals surface area contributed by atoms with Gasteiger partial charge in [0.2, 0.25) is 0 Å². The first-order valence-electron chi connectivity index (χ1n) is 6.21. The Morgan fingerprint density at radius 3 is 2.82 bits per heavy atom. The number of rotatable bonds is 0. The van der Waals surface area contributed by atoms with Crippen molar-refractivity contribution in [3.8, 4) is 0 Å². The molecule has 1 amide bonds. The van der Waals surface area contributed by atoms with E-state index in [2.05, 4.69) is 5.32 Å². The third-order valence-electron chi connectivity index (χ3n) is 3.13. The standard InChI is InChI=1S/C12H22N2O3/c1-11(2,3)17-10(15)14-6-5-13-12(8-14)4-7-16-9-12/h13H,4-9H2,1-3H3. The van der Waals surface area contributed by atoms with E-state index in [0.29, 0.717) is 19.7 Å². The van der Waals surface area contributed by atoms with Crippen molar-refractivity contribution in [3.63, 3.8) is 0 Å². The first kappa shape index (κ1) is 12.6. The van der Waals surface area contributed by atoms with Gasteiger partial charge in [0.1, 0.15) is 5.60 Å². The molecule has 0 aromatic carbocycles. The van der Waals surface area contributed by atoms with Gasteiger partial charge in [0.15, 0.2) is 0 Å². The number of ether oxygens (including phenoxy) is 2. The second-order valence-electron chi connectivity index (χ2n) is 5.91. The van der Waals surface area contributed by atoms with Crippen molar-refractivity contribution in [2.45, 2.75) is 38.3 Å². The monoisotopic (exact) mass is 242 g/mol. The molecule has 1 spiro atoms. The summed E-state index contributed by atoms with van der Waals surface area (Å²) in [6, 6.07) is 0. The lowest BCUT2D eigenvalue weighted by molar-refractivity contribution is 0.0112. The largest absolute Gasteiger partial charge is 0.444 e. The number of hydrogen-bond acceptors (Lipinski definition) is 4. The predicted molar refractivity (Wildman–Crippen MR) is 64.0 cm³/mol. The third kappa shape index (κ3) is 3.10. The molecule has 2 aliphatic heterocycles. The molecule has 0 aromatic rings. The summed E-state index contributed by atoms with van der Waals surface area (Å²) in [7, 11) is 0. The van der Waals surface area contributed by atoms with Crippen molar-refractivity contribution in [2.75, 3.05) is 32.8 Å². The van der Waals surface area contributed by atoms with Gasteiger partial charge in [-0.05, 0) is 27.2 Å².